The van der Waals surface area contributed by atoms with Crippen LogP contribution in [0, 0.1) is 0 Å². The number of anilines is 2. The molecule has 0 fully saturated rings. The van der Waals surface area contributed by atoms with Crippen molar-refractivity contribution in [3.05, 3.63) is 4.88 Å². The van der Waals surface area contributed by atoms with E-state index >= 15 is 0 Å². The van der Waals surface area contributed by atoms with E-state index in [-0.39, 0.29) is 0 Å². The number of nitrogens with one attached hydrogen (secondary N) is 1. The lowest BCUT2D eigenvalue weighted by Crippen LogP contribution is -2.10. The Bertz CT molecular complexity index is 393. The largest absolute Gasteiger partial charge is 0.396 e. The van der Waals surface area contributed by atoms with Crippen molar-refractivity contribution in [1.82, 2.24) is 0 Å². The number of carbonyl (C=O) groups is 1. The molecule has 0 spiro atoms. The topological polar surface area (TPSA) is 90.4 Å². The van der Waals surface area contributed by atoms with Gasteiger partial charge in [-0.2, -0.15) is 0 Å². The first kappa shape index (κ1) is 14.1. The lowest BCUT2D eigenvalue weighted by molar-refractivity contribution is 0.100. The van der Waals surface area contributed by atoms with Crippen molar-refractivity contribution in [2.24, 2.45) is 5.73 Å². The second-order valence-corrected chi connectivity index (χ2v) is 5.03. The maximum atomic E-state index is 11.2. The van der Waals surface area contributed by atoms with E-state index in [4.69, 9.17) is 16.2 Å². The molecule has 0 aliphatic rings. The number of nitrogen functional groups attached to an aromatic ring is 1. The van der Waals surface area contributed by atoms with Crippen molar-refractivity contribution in [1.29, 1.82) is 0 Å². The fourth-order valence-corrected chi connectivity index (χ4v) is 3.22. The highest BCUT2D eigenvalue weighted by atomic mass is 32.2. The molecule has 7 heteroatoms. The highest BCUT2D eigenvalue weighted by Gasteiger charge is 2.18. The lowest BCUT2D eigenvalue weighted by atomic mass is 10.4. The van der Waals surface area contributed by atoms with Crippen LogP contribution < -0.4 is 16.8 Å². The first-order valence-electron chi connectivity index (χ1n) is 5.19. The van der Waals surface area contributed by atoms with Crippen molar-refractivity contribution in [2.45, 2.75) is 11.8 Å². The molecule has 1 aromatic rings. The average molecular weight is 275 g/mol. The third-order valence-corrected chi connectivity index (χ3v) is 4.20. The molecule has 17 heavy (non-hydrogen) atoms. The Hall–Kier alpha value is -0.920. The molecule has 0 unspecified atom stereocenters. The number of hydrogen-bond acceptors (Lipinski definition) is 6. The molecule has 0 aliphatic heterocycles. The maximum Gasteiger partial charge on any atom is 0.261 e. The number of carbonyl (C=O) groups excluding carboxylic acids is 1. The summed E-state index contributed by atoms with van der Waals surface area (Å²) in [6.07, 6.45) is 1.91. The molecular weight excluding hydrogens is 258 g/mol. The Balaban J connectivity index is 2.77. The Morgan fingerprint density at radius 1 is 1.59 bits per heavy atom. The summed E-state index contributed by atoms with van der Waals surface area (Å²) in [5.74, 6) is -0.486. The quantitative estimate of drug-likeness (QED) is 0.519. The number of nitrogens with two attached hydrogens (primary N) is 2. The van der Waals surface area contributed by atoms with E-state index in [1.54, 1.807) is 0 Å². The molecule has 0 radical (unpaired) electrons. The second kappa shape index (κ2) is 6.73. The predicted octanol–water partition coefficient (Wildman–Crippen LogP) is 1.60. The molecular formula is C10H17N3O2S2. The highest BCUT2D eigenvalue weighted by molar-refractivity contribution is 7.99. The summed E-state index contributed by atoms with van der Waals surface area (Å²) in [5.41, 5.74) is 11.6. The predicted molar refractivity (Wildman–Crippen MR) is 74.0 cm³/mol. The molecule has 1 heterocycles. The lowest BCUT2D eigenvalue weighted by Gasteiger charge is -2.05. The molecule has 0 saturated carbocycles. The molecule has 5 nitrogen and oxygen atoms in total. The molecule has 1 aromatic heterocycles. The van der Waals surface area contributed by atoms with Gasteiger partial charge in [-0.05, 0) is 13.2 Å². The van der Waals surface area contributed by atoms with Crippen LogP contribution in [0.15, 0.2) is 4.90 Å². The summed E-state index contributed by atoms with van der Waals surface area (Å²) in [6, 6.07) is 0. The van der Waals surface area contributed by atoms with Gasteiger partial charge in [-0.25, -0.2) is 0 Å². The van der Waals surface area contributed by atoms with Crippen LogP contribution in [-0.2, 0) is 4.74 Å². The van der Waals surface area contributed by atoms with E-state index in [2.05, 4.69) is 5.32 Å². The third-order valence-electron chi connectivity index (χ3n) is 2.06. The first-order chi connectivity index (χ1) is 8.11. The van der Waals surface area contributed by atoms with Crippen LogP contribution >= 0.6 is 23.1 Å². The average Bonchev–Trinajstić information content (AvgIpc) is 2.61. The zero-order chi connectivity index (χ0) is 12.8. The Morgan fingerprint density at radius 2 is 2.29 bits per heavy atom. The molecule has 0 aromatic carbocycles. The Kier molecular flexibility index (Phi) is 5.60. The van der Waals surface area contributed by atoms with E-state index in [1.165, 1.54) is 23.1 Å². The standard InChI is InChI=1S/C10H17N3O2S2/c1-3-15-5-4-13-10-8(16-2)6(11)7(17-10)9(12)14/h13H,3-5,11H2,1-2H3,(H2,12,14). The summed E-state index contributed by atoms with van der Waals surface area (Å²) in [7, 11) is 0. The minimum Gasteiger partial charge on any atom is -0.396 e. The molecule has 0 bridgehead atoms. The van der Waals surface area contributed by atoms with Gasteiger partial charge in [0.25, 0.3) is 5.91 Å². The van der Waals surface area contributed by atoms with Crippen LogP contribution in [0.5, 0.6) is 0 Å². The van der Waals surface area contributed by atoms with E-state index in [9.17, 15) is 4.79 Å². The van der Waals surface area contributed by atoms with Crippen molar-refractivity contribution in [3.8, 4) is 0 Å². The van der Waals surface area contributed by atoms with E-state index in [1.807, 2.05) is 13.2 Å². The number of thiophene rings is 1. The van der Waals surface area contributed by atoms with Crippen molar-refractivity contribution in [3.63, 3.8) is 0 Å². The van der Waals surface area contributed by atoms with Gasteiger partial charge >= 0.3 is 0 Å². The minimum absolute atomic E-state index is 0.410. The third kappa shape index (κ3) is 3.52. The van der Waals surface area contributed by atoms with Crippen LogP contribution in [-0.4, -0.2) is 31.9 Å². The monoisotopic (exact) mass is 275 g/mol. The summed E-state index contributed by atoms with van der Waals surface area (Å²) in [4.78, 5) is 12.5. The zero-order valence-corrected chi connectivity index (χ0v) is 11.5. The van der Waals surface area contributed by atoms with E-state index in [0.29, 0.717) is 30.3 Å². The van der Waals surface area contributed by atoms with Crippen LogP contribution in [0.25, 0.3) is 0 Å². The van der Waals surface area contributed by atoms with Crippen LogP contribution in [0.2, 0.25) is 0 Å². The summed E-state index contributed by atoms with van der Waals surface area (Å²) < 4.78 is 5.23. The van der Waals surface area contributed by atoms with Crippen LogP contribution in [0.1, 0.15) is 16.6 Å². The molecule has 1 rings (SSSR count). The SMILES string of the molecule is CCOCCNc1sc(C(N)=O)c(N)c1SC. The first-order valence-corrected chi connectivity index (χ1v) is 7.23. The maximum absolute atomic E-state index is 11.2. The number of amides is 1. The van der Waals surface area contributed by atoms with Crippen molar-refractivity contribution >= 4 is 39.7 Å². The van der Waals surface area contributed by atoms with Gasteiger partial charge in [0.15, 0.2) is 0 Å². The molecule has 0 aliphatic carbocycles. The number of thioether (sulfide) groups is 1. The smallest absolute Gasteiger partial charge is 0.261 e. The summed E-state index contributed by atoms with van der Waals surface area (Å²) in [6.45, 7) is 3.94. The molecule has 96 valence electrons. The van der Waals surface area contributed by atoms with Crippen molar-refractivity contribution < 1.29 is 9.53 Å². The normalized spacial score (nSPS) is 10.5. The second-order valence-electron chi connectivity index (χ2n) is 3.20. The van der Waals surface area contributed by atoms with Crippen LogP contribution in [0.4, 0.5) is 10.7 Å². The number of primary amides is 1. The van der Waals surface area contributed by atoms with Crippen molar-refractivity contribution in [2.75, 3.05) is 37.1 Å². The fraction of sp³-hybridized carbons (Fsp3) is 0.500. The summed E-state index contributed by atoms with van der Waals surface area (Å²) in [5, 5.41) is 4.08. The van der Waals surface area contributed by atoms with Gasteiger partial charge in [-0.3, -0.25) is 4.79 Å². The number of ether oxygens (including phenoxy) is 1. The molecule has 0 atom stereocenters. The Morgan fingerprint density at radius 3 is 2.82 bits per heavy atom. The summed E-state index contributed by atoms with van der Waals surface area (Å²) >= 11 is 2.79. The van der Waals surface area contributed by atoms with E-state index in [0.717, 1.165) is 9.90 Å². The van der Waals surface area contributed by atoms with Crippen LogP contribution in [0.3, 0.4) is 0 Å². The van der Waals surface area contributed by atoms with Gasteiger partial charge in [-0.1, -0.05) is 0 Å². The van der Waals surface area contributed by atoms with E-state index < -0.39 is 5.91 Å². The molecule has 0 saturated heterocycles. The number of rotatable bonds is 7. The van der Waals surface area contributed by atoms with Gasteiger partial charge < -0.3 is 21.5 Å². The molecule has 1 amide bonds. The fourth-order valence-electron chi connectivity index (χ4n) is 1.31. The molecule has 5 N–H and O–H groups in total. The van der Waals surface area contributed by atoms with Gasteiger partial charge in [0.05, 0.1) is 17.2 Å². The zero-order valence-electron chi connectivity index (χ0n) is 9.91. The van der Waals surface area contributed by atoms with Gasteiger partial charge in [0.2, 0.25) is 0 Å². The minimum atomic E-state index is -0.486. The Labute approximate surface area is 109 Å². The number of hydrogen-bond donors (Lipinski definition) is 3. The van der Waals surface area contributed by atoms with Gasteiger partial charge in [-0.15, -0.1) is 23.1 Å². The van der Waals surface area contributed by atoms with Gasteiger partial charge in [0.1, 0.15) is 9.88 Å². The highest BCUT2D eigenvalue weighted by Crippen LogP contribution is 2.41. The van der Waals surface area contributed by atoms with Gasteiger partial charge in [0, 0.05) is 13.2 Å².